The number of halogens is 1. The number of rotatable bonds is 3. The third kappa shape index (κ3) is 3.76. The van der Waals surface area contributed by atoms with Gasteiger partial charge in [0.25, 0.3) is 10.0 Å². The average molecular weight is 326 g/mol. The van der Waals surface area contributed by atoms with Crippen LogP contribution in [0.25, 0.3) is 0 Å². The Kier molecular flexibility index (Phi) is 4.53. The minimum atomic E-state index is -3.86. The van der Waals surface area contributed by atoms with Gasteiger partial charge in [0.2, 0.25) is 5.88 Å². The van der Waals surface area contributed by atoms with Gasteiger partial charge in [-0.05, 0) is 25.1 Å². The predicted octanol–water partition coefficient (Wildman–Crippen LogP) is 1.75. The lowest BCUT2D eigenvalue weighted by Crippen LogP contribution is -2.13. The van der Waals surface area contributed by atoms with E-state index in [1.54, 1.807) is 13.0 Å². The molecule has 0 bridgehead atoms. The summed E-state index contributed by atoms with van der Waals surface area (Å²) in [7, 11) is -3.86. The fraction of sp³-hybridized carbons (Fsp3) is 0.154. The molecule has 0 aliphatic rings. The van der Waals surface area contributed by atoms with Crippen molar-refractivity contribution < 1.29 is 12.9 Å². The maximum Gasteiger partial charge on any atom is 0.265 e. The smallest absolute Gasteiger partial charge is 0.265 e. The molecule has 110 valence electrons. The van der Waals surface area contributed by atoms with Gasteiger partial charge in [-0.15, -0.1) is 0 Å². The Balaban J connectivity index is 2.32. The van der Waals surface area contributed by atoms with Crippen molar-refractivity contribution in [1.29, 1.82) is 0 Å². The molecule has 0 radical (unpaired) electrons. The van der Waals surface area contributed by atoms with Gasteiger partial charge in [0.15, 0.2) is 0 Å². The summed E-state index contributed by atoms with van der Waals surface area (Å²) in [5, 5.41) is 3.66. The second-order valence-corrected chi connectivity index (χ2v) is 6.15. The van der Waals surface area contributed by atoms with Crippen LogP contribution < -0.4 is 10.5 Å². The summed E-state index contributed by atoms with van der Waals surface area (Å²) in [5.41, 5.74) is 6.42. The van der Waals surface area contributed by atoms with Crippen LogP contribution in [-0.4, -0.2) is 20.1 Å². The molecule has 1 aromatic heterocycles. The van der Waals surface area contributed by atoms with Crippen LogP contribution in [0.15, 0.2) is 33.7 Å². The third-order valence-electron chi connectivity index (χ3n) is 2.42. The molecule has 0 saturated heterocycles. The first-order valence-corrected chi connectivity index (χ1v) is 7.73. The fourth-order valence-electron chi connectivity index (χ4n) is 1.55. The van der Waals surface area contributed by atoms with E-state index in [0.717, 1.165) is 0 Å². The zero-order valence-electron chi connectivity index (χ0n) is 11.1. The van der Waals surface area contributed by atoms with Gasteiger partial charge in [0, 0.05) is 11.6 Å². The van der Waals surface area contributed by atoms with Crippen molar-refractivity contribution >= 4 is 27.5 Å². The minimum Gasteiger partial charge on any atom is -0.338 e. The van der Waals surface area contributed by atoms with Crippen LogP contribution in [0, 0.1) is 18.8 Å². The largest absolute Gasteiger partial charge is 0.338 e. The number of sulfonamides is 1. The van der Waals surface area contributed by atoms with Gasteiger partial charge in [-0.3, -0.25) is 0 Å². The van der Waals surface area contributed by atoms with Crippen molar-refractivity contribution in [2.75, 3.05) is 11.3 Å². The van der Waals surface area contributed by atoms with Gasteiger partial charge in [-0.1, -0.05) is 28.6 Å². The van der Waals surface area contributed by atoms with Gasteiger partial charge in [0.05, 0.1) is 17.3 Å². The highest BCUT2D eigenvalue weighted by molar-refractivity contribution is 7.92. The molecule has 0 atom stereocenters. The minimum absolute atomic E-state index is 0.0237. The van der Waals surface area contributed by atoms with E-state index >= 15 is 0 Å². The number of nitrogens with one attached hydrogen (secondary N) is 1. The van der Waals surface area contributed by atoms with E-state index in [9.17, 15) is 8.42 Å². The molecule has 21 heavy (non-hydrogen) atoms. The van der Waals surface area contributed by atoms with Crippen LogP contribution in [0.4, 0.5) is 5.88 Å². The Labute approximate surface area is 127 Å². The van der Waals surface area contributed by atoms with Crippen LogP contribution in [0.5, 0.6) is 0 Å². The Morgan fingerprint density at radius 3 is 2.76 bits per heavy atom. The van der Waals surface area contributed by atoms with Gasteiger partial charge >= 0.3 is 0 Å². The maximum atomic E-state index is 12.2. The molecule has 0 fully saturated rings. The van der Waals surface area contributed by atoms with Gasteiger partial charge in [-0.2, -0.15) is 0 Å². The number of aromatic nitrogens is 1. The molecule has 1 heterocycles. The molecule has 0 saturated carbocycles. The molecular weight excluding hydrogens is 314 g/mol. The van der Waals surface area contributed by atoms with Crippen molar-refractivity contribution in [3.8, 4) is 11.8 Å². The normalized spacial score (nSPS) is 10.8. The molecule has 3 N–H and O–H groups in total. The fourth-order valence-corrected chi connectivity index (χ4v) is 3.07. The van der Waals surface area contributed by atoms with Crippen molar-refractivity contribution in [1.82, 2.24) is 5.16 Å². The topological polar surface area (TPSA) is 98.2 Å². The number of anilines is 1. The molecule has 0 spiro atoms. The molecule has 0 amide bonds. The summed E-state index contributed by atoms with van der Waals surface area (Å²) in [6.45, 7) is 1.89. The second kappa shape index (κ2) is 6.18. The summed E-state index contributed by atoms with van der Waals surface area (Å²) in [6.07, 6.45) is 0. The zero-order chi connectivity index (χ0) is 15.5. The van der Waals surface area contributed by atoms with E-state index in [1.165, 1.54) is 18.2 Å². The molecule has 8 heteroatoms. The lowest BCUT2D eigenvalue weighted by molar-refractivity contribution is 0.430. The van der Waals surface area contributed by atoms with Crippen LogP contribution in [-0.2, 0) is 10.0 Å². The number of aryl methyl sites for hydroxylation is 1. The zero-order valence-corrected chi connectivity index (χ0v) is 12.6. The first kappa shape index (κ1) is 15.4. The predicted molar refractivity (Wildman–Crippen MR) is 79.4 cm³/mol. The van der Waals surface area contributed by atoms with Crippen LogP contribution >= 0.6 is 11.6 Å². The number of nitrogens with zero attached hydrogens (tertiary/aromatic N) is 1. The van der Waals surface area contributed by atoms with Gasteiger partial charge in [-0.25, -0.2) is 13.1 Å². The molecular formula is C13H12ClN3O3S. The second-order valence-electron chi connectivity index (χ2n) is 4.09. The van der Waals surface area contributed by atoms with E-state index < -0.39 is 10.0 Å². The number of nitrogens with two attached hydrogens (primary N) is 1. The summed E-state index contributed by atoms with van der Waals surface area (Å²) in [5.74, 6) is 5.46. The number of benzene rings is 1. The van der Waals surface area contributed by atoms with Crippen molar-refractivity contribution in [2.24, 2.45) is 5.73 Å². The summed E-state index contributed by atoms with van der Waals surface area (Å²) in [6, 6.07) is 5.85. The van der Waals surface area contributed by atoms with Crippen molar-refractivity contribution in [3.05, 3.63) is 40.5 Å². The molecule has 0 unspecified atom stereocenters. The molecule has 0 aliphatic carbocycles. The Bertz CT molecular complexity index is 819. The highest BCUT2D eigenvalue weighted by atomic mass is 35.5. The standard InChI is InChI=1S/C13H12ClN3O3S/c1-9-7-13(20-16-9)17-21(18,19)12-5-4-10(3-2-6-15)8-11(12)14/h4-5,7-8,17H,6,15H2,1H3. The quantitative estimate of drug-likeness (QED) is 0.838. The lowest BCUT2D eigenvalue weighted by Gasteiger charge is -2.06. The van der Waals surface area contributed by atoms with Gasteiger partial charge < -0.3 is 10.3 Å². The summed E-state index contributed by atoms with van der Waals surface area (Å²) in [4.78, 5) is -0.0727. The third-order valence-corrected chi connectivity index (χ3v) is 4.25. The monoisotopic (exact) mass is 325 g/mol. The average Bonchev–Trinajstić information content (AvgIpc) is 2.80. The summed E-state index contributed by atoms with van der Waals surface area (Å²) < 4.78 is 31.5. The van der Waals surface area contributed by atoms with Crippen LogP contribution in [0.2, 0.25) is 5.02 Å². The number of hydrogen-bond acceptors (Lipinski definition) is 5. The van der Waals surface area contributed by atoms with E-state index in [1.807, 2.05) is 0 Å². The van der Waals surface area contributed by atoms with Crippen LogP contribution in [0.3, 0.4) is 0 Å². The lowest BCUT2D eigenvalue weighted by atomic mass is 10.2. The Morgan fingerprint density at radius 2 is 2.19 bits per heavy atom. The van der Waals surface area contributed by atoms with E-state index in [4.69, 9.17) is 21.9 Å². The Hall–Kier alpha value is -2.01. The molecule has 0 aliphatic heterocycles. The van der Waals surface area contributed by atoms with Gasteiger partial charge in [0.1, 0.15) is 4.90 Å². The molecule has 2 rings (SSSR count). The van der Waals surface area contributed by atoms with Crippen molar-refractivity contribution in [3.63, 3.8) is 0 Å². The highest BCUT2D eigenvalue weighted by Gasteiger charge is 2.20. The SMILES string of the molecule is Cc1cc(NS(=O)(=O)c2ccc(C#CCN)cc2Cl)on1. The Morgan fingerprint density at radius 1 is 1.43 bits per heavy atom. The van der Waals surface area contributed by atoms with Crippen molar-refractivity contribution in [2.45, 2.75) is 11.8 Å². The molecule has 2 aromatic rings. The first-order valence-electron chi connectivity index (χ1n) is 5.87. The highest BCUT2D eigenvalue weighted by Crippen LogP contribution is 2.25. The maximum absolute atomic E-state index is 12.2. The van der Waals surface area contributed by atoms with Crippen LogP contribution in [0.1, 0.15) is 11.3 Å². The molecule has 6 nitrogen and oxygen atoms in total. The first-order chi connectivity index (χ1) is 9.92. The van der Waals surface area contributed by atoms with E-state index in [-0.39, 0.29) is 22.3 Å². The molecule has 1 aromatic carbocycles. The summed E-state index contributed by atoms with van der Waals surface area (Å²) >= 11 is 6.00. The van der Waals surface area contributed by atoms with E-state index in [0.29, 0.717) is 11.3 Å². The van der Waals surface area contributed by atoms with E-state index in [2.05, 4.69) is 21.7 Å². The number of hydrogen-bond donors (Lipinski definition) is 2.